The first-order chi connectivity index (χ1) is 11.5. The van der Waals surface area contributed by atoms with E-state index in [2.05, 4.69) is 6.92 Å². The maximum atomic E-state index is 14.8. The van der Waals surface area contributed by atoms with E-state index < -0.39 is 11.8 Å². The molecular weight excluding hydrogens is 309 g/mol. The Morgan fingerprint density at radius 2 is 1.54 bits per heavy atom. The molecule has 2 aliphatic rings. The Morgan fingerprint density at radius 3 is 2.12 bits per heavy atom. The fourth-order valence-electron chi connectivity index (χ4n) is 5.05. The van der Waals surface area contributed by atoms with Crippen LogP contribution in [-0.2, 0) is 0 Å². The number of halogens is 3. The van der Waals surface area contributed by atoms with E-state index in [1.54, 1.807) is 0 Å². The molecule has 2 atom stereocenters. The number of hydrogen-bond donors (Lipinski definition) is 0. The molecule has 3 heteroatoms. The number of alkyl halides is 2. The predicted molar refractivity (Wildman–Crippen MR) is 91.8 cm³/mol. The summed E-state index contributed by atoms with van der Waals surface area (Å²) in [5.74, 6) is -2.30. The van der Waals surface area contributed by atoms with Gasteiger partial charge in [0.05, 0.1) is 0 Å². The highest BCUT2D eigenvalue weighted by molar-refractivity contribution is 5.23. The van der Waals surface area contributed by atoms with Gasteiger partial charge in [0.1, 0.15) is 5.82 Å². The van der Waals surface area contributed by atoms with Gasteiger partial charge in [0, 0.05) is 12.3 Å². The van der Waals surface area contributed by atoms with E-state index in [9.17, 15) is 13.2 Å². The van der Waals surface area contributed by atoms with Gasteiger partial charge < -0.3 is 0 Å². The van der Waals surface area contributed by atoms with E-state index in [0.29, 0.717) is 17.9 Å². The van der Waals surface area contributed by atoms with Crippen LogP contribution in [0.15, 0.2) is 24.3 Å². The Labute approximate surface area is 143 Å². The van der Waals surface area contributed by atoms with Crippen LogP contribution < -0.4 is 0 Å². The second kappa shape index (κ2) is 7.49. The van der Waals surface area contributed by atoms with Gasteiger partial charge in [0.2, 0.25) is 0 Å². The number of hydrogen-bond acceptors (Lipinski definition) is 0. The molecule has 0 heterocycles. The van der Waals surface area contributed by atoms with Crippen LogP contribution in [0.2, 0.25) is 0 Å². The highest BCUT2D eigenvalue weighted by Crippen LogP contribution is 2.51. The monoisotopic (exact) mass is 338 g/mol. The molecule has 0 aromatic heterocycles. The molecule has 0 saturated heterocycles. The fourth-order valence-corrected chi connectivity index (χ4v) is 5.05. The average molecular weight is 338 g/mol. The molecule has 24 heavy (non-hydrogen) atoms. The molecule has 2 aliphatic carbocycles. The van der Waals surface area contributed by atoms with E-state index in [1.807, 2.05) is 0 Å². The Bertz CT molecular complexity index is 514. The molecule has 0 bridgehead atoms. The zero-order valence-corrected chi connectivity index (χ0v) is 14.6. The molecule has 0 unspecified atom stereocenters. The summed E-state index contributed by atoms with van der Waals surface area (Å²) in [5.41, 5.74) is 0.589. The SMILES string of the molecule is CCCC1CCC([C@H]2CC[C@H](c3ccc(F)cc3)C(F)(F)C2)CC1. The third kappa shape index (κ3) is 3.97. The number of benzene rings is 1. The van der Waals surface area contributed by atoms with E-state index in [1.165, 1.54) is 49.9 Å². The lowest BCUT2D eigenvalue weighted by molar-refractivity contribution is -0.0845. The molecule has 0 aliphatic heterocycles. The van der Waals surface area contributed by atoms with Gasteiger partial charge in [-0.25, -0.2) is 13.2 Å². The van der Waals surface area contributed by atoms with Crippen LogP contribution in [0.5, 0.6) is 0 Å². The van der Waals surface area contributed by atoms with Crippen molar-refractivity contribution >= 4 is 0 Å². The Kier molecular flexibility index (Phi) is 5.56. The minimum Gasteiger partial charge on any atom is -0.207 e. The van der Waals surface area contributed by atoms with Crippen LogP contribution in [0, 0.1) is 23.6 Å². The van der Waals surface area contributed by atoms with Crippen molar-refractivity contribution in [2.75, 3.05) is 0 Å². The molecular formula is C21H29F3. The molecule has 0 radical (unpaired) electrons. The summed E-state index contributed by atoms with van der Waals surface area (Å²) in [6, 6.07) is 5.66. The van der Waals surface area contributed by atoms with Crippen molar-refractivity contribution in [3.8, 4) is 0 Å². The summed E-state index contributed by atoms with van der Waals surface area (Å²) in [7, 11) is 0. The van der Waals surface area contributed by atoms with Crippen molar-refractivity contribution in [2.24, 2.45) is 17.8 Å². The molecule has 2 saturated carbocycles. The third-order valence-electron chi connectivity index (χ3n) is 6.40. The van der Waals surface area contributed by atoms with Gasteiger partial charge in [-0.15, -0.1) is 0 Å². The third-order valence-corrected chi connectivity index (χ3v) is 6.40. The van der Waals surface area contributed by atoms with Crippen molar-refractivity contribution in [2.45, 2.75) is 76.6 Å². The second-order valence-corrected chi connectivity index (χ2v) is 7.98. The van der Waals surface area contributed by atoms with Crippen molar-refractivity contribution < 1.29 is 13.2 Å². The minimum atomic E-state index is -2.67. The van der Waals surface area contributed by atoms with Gasteiger partial charge in [-0.1, -0.05) is 44.7 Å². The van der Waals surface area contributed by atoms with Gasteiger partial charge in [-0.3, -0.25) is 0 Å². The molecule has 134 valence electrons. The van der Waals surface area contributed by atoms with Gasteiger partial charge in [-0.05, 0) is 61.1 Å². The van der Waals surface area contributed by atoms with Crippen LogP contribution in [-0.4, -0.2) is 5.92 Å². The summed E-state index contributed by atoms with van der Waals surface area (Å²) in [4.78, 5) is 0. The topological polar surface area (TPSA) is 0 Å². The lowest BCUT2D eigenvalue weighted by atomic mass is 9.66. The van der Waals surface area contributed by atoms with E-state index in [0.717, 1.165) is 25.2 Å². The van der Waals surface area contributed by atoms with Gasteiger partial charge >= 0.3 is 0 Å². The van der Waals surface area contributed by atoms with Gasteiger partial charge in [0.25, 0.3) is 5.92 Å². The summed E-state index contributed by atoms with van der Waals surface area (Å²) >= 11 is 0. The standard InChI is InChI=1S/C21H29F3/c1-2-3-15-4-6-16(7-5-15)18-10-13-20(21(23,24)14-18)17-8-11-19(22)12-9-17/h8-9,11-12,15-16,18,20H,2-7,10,13-14H2,1H3/t15?,16?,18-,20+/m0/s1. The van der Waals surface area contributed by atoms with Crippen LogP contribution in [0.1, 0.15) is 76.2 Å². The summed E-state index contributed by atoms with van der Waals surface area (Å²) < 4.78 is 42.6. The normalized spacial score (nSPS) is 33.3. The zero-order valence-electron chi connectivity index (χ0n) is 14.6. The molecule has 1 aromatic rings. The van der Waals surface area contributed by atoms with Crippen molar-refractivity contribution in [1.29, 1.82) is 0 Å². The minimum absolute atomic E-state index is 0.0121. The van der Waals surface area contributed by atoms with Gasteiger partial charge in [0.15, 0.2) is 0 Å². The summed E-state index contributed by atoms with van der Waals surface area (Å²) in [6.45, 7) is 2.23. The molecule has 0 amide bonds. The molecule has 0 spiro atoms. The van der Waals surface area contributed by atoms with Crippen LogP contribution in [0.4, 0.5) is 13.2 Å². The first-order valence-corrected chi connectivity index (χ1v) is 9.63. The van der Waals surface area contributed by atoms with Crippen LogP contribution >= 0.6 is 0 Å². The lowest BCUT2D eigenvalue weighted by Gasteiger charge is -2.41. The Hall–Kier alpha value is -0.990. The van der Waals surface area contributed by atoms with E-state index in [-0.39, 0.29) is 18.2 Å². The van der Waals surface area contributed by atoms with Crippen LogP contribution in [0.25, 0.3) is 0 Å². The average Bonchev–Trinajstić information content (AvgIpc) is 2.56. The smallest absolute Gasteiger partial charge is 0.207 e. The van der Waals surface area contributed by atoms with Crippen molar-refractivity contribution in [1.82, 2.24) is 0 Å². The largest absolute Gasteiger partial charge is 0.255 e. The highest BCUT2D eigenvalue weighted by Gasteiger charge is 2.47. The first-order valence-electron chi connectivity index (χ1n) is 9.63. The zero-order chi connectivity index (χ0) is 17.2. The lowest BCUT2D eigenvalue weighted by Crippen LogP contribution is -2.37. The maximum absolute atomic E-state index is 14.8. The Balaban J connectivity index is 1.60. The predicted octanol–water partition coefficient (Wildman–Crippen LogP) is 6.95. The second-order valence-electron chi connectivity index (χ2n) is 7.98. The fraction of sp³-hybridized carbons (Fsp3) is 0.714. The molecule has 2 fully saturated rings. The number of rotatable bonds is 4. The summed E-state index contributed by atoms with van der Waals surface area (Å²) in [6.07, 6.45) is 8.66. The molecule has 1 aromatic carbocycles. The molecule has 3 rings (SSSR count). The maximum Gasteiger partial charge on any atom is 0.255 e. The van der Waals surface area contributed by atoms with Gasteiger partial charge in [-0.2, -0.15) is 0 Å². The van der Waals surface area contributed by atoms with Crippen molar-refractivity contribution in [3.63, 3.8) is 0 Å². The van der Waals surface area contributed by atoms with E-state index in [4.69, 9.17) is 0 Å². The van der Waals surface area contributed by atoms with E-state index >= 15 is 0 Å². The van der Waals surface area contributed by atoms with Crippen molar-refractivity contribution in [3.05, 3.63) is 35.6 Å². The Morgan fingerprint density at radius 1 is 0.917 bits per heavy atom. The summed E-state index contributed by atoms with van der Waals surface area (Å²) in [5, 5.41) is 0. The molecule has 0 nitrogen and oxygen atoms in total. The highest BCUT2D eigenvalue weighted by atomic mass is 19.3. The molecule has 0 N–H and O–H groups in total. The quantitative estimate of drug-likeness (QED) is 0.557. The van der Waals surface area contributed by atoms with Crippen LogP contribution in [0.3, 0.4) is 0 Å². The first kappa shape index (κ1) is 17.8.